The first kappa shape index (κ1) is 14.6. The van der Waals surface area contributed by atoms with Crippen molar-refractivity contribution in [2.75, 3.05) is 14.1 Å². The summed E-state index contributed by atoms with van der Waals surface area (Å²) >= 11 is 0. The van der Waals surface area contributed by atoms with E-state index < -0.39 is 0 Å². The molecule has 0 unspecified atom stereocenters. The number of hydrogen-bond donors (Lipinski definition) is 0. The molecule has 0 fully saturated rings. The second-order valence-corrected chi connectivity index (χ2v) is 3.20. The van der Waals surface area contributed by atoms with E-state index in [2.05, 4.69) is 34.3 Å². The molecule has 0 heterocycles. The second-order valence-electron chi connectivity index (χ2n) is 3.20. The van der Waals surface area contributed by atoms with E-state index in [-0.39, 0.29) is 0 Å². The lowest BCUT2D eigenvalue weighted by Crippen LogP contribution is -1.97. The zero-order valence-corrected chi connectivity index (χ0v) is 11.2. The highest BCUT2D eigenvalue weighted by Crippen LogP contribution is 2.06. The van der Waals surface area contributed by atoms with Gasteiger partial charge in [0.05, 0.1) is 0 Å². The first-order chi connectivity index (χ1) is 7.69. The first-order valence-corrected chi connectivity index (χ1v) is 5.66. The lowest BCUT2D eigenvalue weighted by atomic mass is 10.1. The van der Waals surface area contributed by atoms with E-state index in [0.29, 0.717) is 0 Å². The third-order valence-corrected chi connectivity index (χ3v) is 2.39. The molecule has 0 aliphatic heterocycles. The molecule has 1 aromatic carbocycles. The molecular weight excluding hydrogens is 196 g/mol. The Morgan fingerprint density at radius 1 is 0.750 bits per heavy atom. The molecule has 1 rings (SSSR count). The van der Waals surface area contributed by atoms with Crippen LogP contribution >= 0.6 is 0 Å². The fourth-order valence-corrected chi connectivity index (χ4v) is 1.21. The number of aliphatic imine (C=N–C) groups is 2. The van der Waals surface area contributed by atoms with Crippen LogP contribution in [0.5, 0.6) is 0 Å². The molecule has 0 saturated heterocycles. The van der Waals surface area contributed by atoms with Gasteiger partial charge >= 0.3 is 0 Å². The largest absolute Gasteiger partial charge is 0.293 e. The minimum Gasteiger partial charge on any atom is -0.293 e. The van der Waals surface area contributed by atoms with E-state index in [9.17, 15) is 0 Å². The van der Waals surface area contributed by atoms with Gasteiger partial charge in [-0.25, -0.2) is 0 Å². The van der Waals surface area contributed by atoms with Crippen LogP contribution in [-0.2, 0) is 0 Å². The van der Waals surface area contributed by atoms with Gasteiger partial charge in [-0.1, -0.05) is 38.1 Å². The van der Waals surface area contributed by atoms with E-state index >= 15 is 0 Å². The molecule has 0 bridgehead atoms. The summed E-state index contributed by atoms with van der Waals surface area (Å²) in [5.74, 6) is 0. The highest BCUT2D eigenvalue weighted by atomic mass is 14.7. The van der Waals surface area contributed by atoms with Gasteiger partial charge in [0.25, 0.3) is 0 Å². The van der Waals surface area contributed by atoms with Gasteiger partial charge in [0, 0.05) is 25.5 Å². The predicted octanol–water partition coefficient (Wildman–Crippen LogP) is 3.59. The quantitative estimate of drug-likeness (QED) is 0.678. The van der Waals surface area contributed by atoms with Crippen molar-refractivity contribution in [3.05, 3.63) is 35.4 Å². The van der Waals surface area contributed by atoms with E-state index in [0.717, 1.165) is 11.4 Å². The average Bonchev–Trinajstić information content (AvgIpc) is 2.39. The summed E-state index contributed by atoms with van der Waals surface area (Å²) in [5.41, 5.74) is 4.45. The van der Waals surface area contributed by atoms with Crippen LogP contribution in [0.25, 0.3) is 0 Å². The summed E-state index contributed by atoms with van der Waals surface area (Å²) < 4.78 is 0. The lowest BCUT2D eigenvalue weighted by molar-refractivity contribution is 1.39. The fourth-order valence-electron chi connectivity index (χ4n) is 1.21. The molecule has 0 aliphatic carbocycles. The zero-order valence-electron chi connectivity index (χ0n) is 11.2. The van der Waals surface area contributed by atoms with E-state index in [1.54, 1.807) is 0 Å². The molecule has 0 N–H and O–H groups in total. The van der Waals surface area contributed by atoms with Gasteiger partial charge in [-0.15, -0.1) is 0 Å². The summed E-state index contributed by atoms with van der Waals surface area (Å²) in [6.07, 6.45) is 0. The summed E-state index contributed by atoms with van der Waals surface area (Å²) in [6.45, 7) is 8.02. The molecule has 0 saturated carbocycles. The van der Waals surface area contributed by atoms with Crippen LogP contribution in [0.4, 0.5) is 0 Å². The van der Waals surface area contributed by atoms with Crippen LogP contribution in [0, 0.1) is 0 Å². The minimum absolute atomic E-state index is 1.06. The van der Waals surface area contributed by atoms with Crippen LogP contribution in [0.1, 0.15) is 38.8 Å². The zero-order chi connectivity index (χ0) is 12.6. The van der Waals surface area contributed by atoms with Crippen molar-refractivity contribution in [1.82, 2.24) is 0 Å². The average molecular weight is 218 g/mol. The van der Waals surface area contributed by atoms with Gasteiger partial charge in [-0.2, -0.15) is 0 Å². The predicted molar refractivity (Wildman–Crippen MR) is 74.1 cm³/mol. The third-order valence-electron chi connectivity index (χ3n) is 2.39. The van der Waals surface area contributed by atoms with Gasteiger partial charge < -0.3 is 0 Å². The Morgan fingerprint density at radius 2 is 1.00 bits per heavy atom. The van der Waals surface area contributed by atoms with Crippen LogP contribution in [0.3, 0.4) is 0 Å². The van der Waals surface area contributed by atoms with Crippen molar-refractivity contribution in [2.45, 2.75) is 27.7 Å². The molecule has 0 atom stereocenters. The van der Waals surface area contributed by atoms with Crippen LogP contribution < -0.4 is 0 Å². The van der Waals surface area contributed by atoms with Crippen LogP contribution in [-0.4, -0.2) is 25.5 Å². The minimum atomic E-state index is 1.06. The van der Waals surface area contributed by atoms with Crippen molar-refractivity contribution >= 4 is 11.4 Å². The second kappa shape index (κ2) is 7.80. The Labute approximate surface area is 99.1 Å². The number of rotatable bonds is 2. The van der Waals surface area contributed by atoms with E-state index in [1.165, 1.54) is 11.1 Å². The Bertz CT molecular complexity index is 322. The standard InChI is InChI=1S/C12H16N2.C2H6/c1-9(13-3)11-5-7-12(8-6-11)10(2)14-4;1-2/h5-8H,1-4H3;1-2H3. The van der Waals surface area contributed by atoms with Gasteiger partial charge in [-0.05, 0) is 25.0 Å². The molecular formula is C14H22N2. The lowest BCUT2D eigenvalue weighted by Gasteiger charge is -2.02. The monoisotopic (exact) mass is 218 g/mol. The molecule has 0 spiro atoms. The van der Waals surface area contributed by atoms with Crippen molar-refractivity contribution in [2.24, 2.45) is 9.98 Å². The van der Waals surface area contributed by atoms with Crippen molar-refractivity contribution in [3.63, 3.8) is 0 Å². The maximum Gasteiger partial charge on any atom is 0.0386 e. The molecule has 1 aromatic rings. The van der Waals surface area contributed by atoms with E-state index in [4.69, 9.17) is 0 Å². The Kier molecular flexibility index (Phi) is 7.10. The van der Waals surface area contributed by atoms with Gasteiger partial charge in [0.2, 0.25) is 0 Å². The molecule has 2 heteroatoms. The Hall–Kier alpha value is -1.44. The van der Waals surface area contributed by atoms with Crippen LogP contribution in [0.15, 0.2) is 34.3 Å². The van der Waals surface area contributed by atoms with Gasteiger partial charge in [-0.3, -0.25) is 9.98 Å². The normalized spacial score (nSPS) is 11.9. The highest BCUT2D eigenvalue weighted by Gasteiger charge is 1.98. The van der Waals surface area contributed by atoms with Crippen molar-refractivity contribution in [1.29, 1.82) is 0 Å². The fraction of sp³-hybridized carbons (Fsp3) is 0.429. The summed E-state index contributed by atoms with van der Waals surface area (Å²) in [5, 5.41) is 0. The van der Waals surface area contributed by atoms with Crippen LogP contribution in [0.2, 0.25) is 0 Å². The van der Waals surface area contributed by atoms with Crippen molar-refractivity contribution < 1.29 is 0 Å². The number of nitrogens with zero attached hydrogens (tertiary/aromatic N) is 2. The molecule has 88 valence electrons. The maximum atomic E-state index is 4.14. The molecule has 0 aromatic heterocycles. The molecule has 0 amide bonds. The molecule has 16 heavy (non-hydrogen) atoms. The maximum absolute atomic E-state index is 4.14. The first-order valence-electron chi connectivity index (χ1n) is 5.66. The molecule has 2 nitrogen and oxygen atoms in total. The Balaban J connectivity index is 0.00000106. The van der Waals surface area contributed by atoms with Gasteiger partial charge in [0.1, 0.15) is 0 Å². The highest BCUT2D eigenvalue weighted by molar-refractivity contribution is 6.01. The Morgan fingerprint density at radius 3 is 1.19 bits per heavy atom. The summed E-state index contributed by atoms with van der Waals surface area (Å²) in [7, 11) is 3.62. The van der Waals surface area contributed by atoms with Crippen molar-refractivity contribution in [3.8, 4) is 0 Å². The summed E-state index contributed by atoms with van der Waals surface area (Å²) in [6, 6.07) is 8.30. The number of hydrogen-bond acceptors (Lipinski definition) is 2. The number of benzene rings is 1. The SMILES string of the molecule is CC.CN=C(C)c1ccc(C(C)=NC)cc1. The third kappa shape index (κ3) is 3.97. The van der Waals surface area contributed by atoms with E-state index in [1.807, 2.05) is 41.8 Å². The molecule has 0 radical (unpaired) electrons. The molecule has 0 aliphatic rings. The topological polar surface area (TPSA) is 24.7 Å². The summed E-state index contributed by atoms with van der Waals surface area (Å²) in [4.78, 5) is 8.28. The smallest absolute Gasteiger partial charge is 0.0386 e. The van der Waals surface area contributed by atoms with Gasteiger partial charge in [0.15, 0.2) is 0 Å².